The zero-order valence-electron chi connectivity index (χ0n) is 10.6. The molecule has 102 valence electrons. The van der Waals surface area contributed by atoms with Crippen LogP contribution in [0.5, 0.6) is 0 Å². The van der Waals surface area contributed by atoms with Gasteiger partial charge in [-0.3, -0.25) is 0 Å². The van der Waals surface area contributed by atoms with E-state index in [1.165, 1.54) is 18.5 Å². The lowest BCUT2D eigenvalue weighted by molar-refractivity contribution is 0.560. The second-order valence-electron chi connectivity index (χ2n) is 5.08. The maximum absolute atomic E-state index is 12.5. The van der Waals surface area contributed by atoms with E-state index in [-0.39, 0.29) is 15.1 Å². The van der Waals surface area contributed by atoms with Gasteiger partial charge in [0.05, 0.1) is 20.2 Å². The van der Waals surface area contributed by atoms with Gasteiger partial charge in [0.1, 0.15) is 11.5 Å². The summed E-state index contributed by atoms with van der Waals surface area (Å²) < 4.78 is 24.0. The van der Waals surface area contributed by atoms with E-state index >= 15 is 0 Å². The molecule has 0 radical (unpaired) electrons. The van der Waals surface area contributed by atoms with Gasteiger partial charge in [-0.05, 0) is 32.9 Å². The highest BCUT2D eigenvalue weighted by Crippen LogP contribution is 2.34. The summed E-state index contributed by atoms with van der Waals surface area (Å²) in [6, 6.07) is 2.92. The lowest BCUT2D eigenvalue weighted by atomic mass is 10.2. The molecule has 1 heterocycles. The number of hydrogen-bond acceptors (Lipinski definition) is 4. The van der Waals surface area contributed by atoms with E-state index in [4.69, 9.17) is 23.2 Å². The first-order valence-corrected chi connectivity index (χ1v) is 7.73. The first-order valence-electron chi connectivity index (χ1n) is 5.49. The van der Waals surface area contributed by atoms with E-state index in [0.29, 0.717) is 10.9 Å². The van der Waals surface area contributed by atoms with Gasteiger partial charge < -0.3 is 0 Å². The first-order chi connectivity index (χ1) is 8.64. The Hall–Kier alpha value is -0.910. The monoisotopic (exact) mass is 318 g/mol. The van der Waals surface area contributed by atoms with Crippen molar-refractivity contribution >= 4 is 43.9 Å². The van der Waals surface area contributed by atoms with Crippen LogP contribution >= 0.6 is 23.2 Å². The molecule has 0 amide bonds. The minimum Gasteiger partial charge on any atom is -0.236 e. The van der Waals surface area contributed by atoms with Crippen LogP contribution in [0, 0.1) is 0 Å². The molecule has 0 atom stereocenters. The van der Waals surface area contributed by atoms with Gasteiger partial charge in [0.2, 0.25) is 0 Å². The van der Waals surface area contributed by atoms with Gasteiger partial charge in [-0.2, -0.15) is 0 Å². The van der Waals surface area contributed by atoms with Crippen LogP contribution in [0.4, 0.5) is 0 Å². The van der Waals surface area contributed by atoms with Crippen LogP contribution < -0.4 is 0 Å². The van der Waals surface area contributed by atoms with Gasteiger partial charge in [-0.1, -0.05) is 23.2 Å². The fraction of sp³-hybridized carbons (Fsp3) is 0.333. The molecule has 7 heteroatoms. The molecule has 2 rings (SSSR count). The summed E-state index contributed by atoms with van der Waals surface area (Å²) in [6.07, 6.45) is 1.30. The third-order valence-electron chi connectivity index (χ3n) is 2.74. The smallest absolute Gasteiger partial charge is 0.184 e. The lowest BCUT2D eigenvalue weighted by Gasteiger charge is -2.20. The van der Waals surface area contributed by atoms with Gasteiger partial charge in [0.25, 0.3) is 0 Å². The van der Waals surface area contributed by atoms with Gasteiger partial charge in [0.15, 0.2) is 9.84 Å². The average molecular weight is 319 g/mol. The number of aromatic nitrogens is 2. The Morgan fingerprint density at radius 3 is 2.32 bits per heavy atom. The Morgan fingerprint density at radius 2 is 1.74 bits per heavy atom. The Balaban J connectivity index is 2.83. The topological polar surface area (TPSA) is 59.9 Å². The minimum absolute atomic E-state index is 0.0471. The standard InChI is InChI=1S/C12H12Cl2N2O2S/c1-12(2,3)19(17,18)10-4-7-9(5-8(10)13)15-6-16-11(7)14/h4-6H,1-3H3. The molecule has 0 saturated carbocycles. The molecule has 0 spiro atoms. The Labute approximate surface area is 121 Å². The summed E-state index contributed by atoms with van der Waals surface area (Å²) in [5.41, 5.74) is 0.512. The van der Waals surface area contributed by atoms with Gasteiger partial charge in [0, 0.05) is 5.39 Å². The van der Waals surface area contributed by atoms with E-state index in [0.717, 1.165) is 0 Å². The summed E-state index contributed by atoms with van der Waals surface area (Å²) in [4.78, 5) is 7.90. The Morgan fingerprint density at radius 1 is 1.11 bits per heavy atom. The van der Waals surface area contributed by atoms with Gasteiger partial charge >= 0.3 is 0 Å². The molecule has 0 aliphatic carbocycles. The molecule has 19 heavy (non-hydrogen) atoms. The van der Waals surface area contributed by atoms with Crippen LogP contribution in [-0.2, 0) is 9.84 Å². The second-order valence-corrected chi connectivity index (χ2v) is 8.52. The van der Waals surface area contributed by atoms with Gasteiger partial charge in [-0.25, -0.2) is 18.4 Å². The van der Waals surface area contributed by atoms with Crippen molar-refractivity contribution in [1.29, 1.82) is 0 Å². The van der Waals surface area contributed by atoms with Crippen molar-refractivity contribution < 1.29 is 8.42 Å². The van der Waals surface area contributed by atoms with Crippen molar-refractivity contribution in [2.75, 3.05) is 0 Å². The van der Waals surface area contributed by atoms with Crippen LogP contribution in [0.1, 0.15) is 20.8 Å². The van der Waals surface area contributed by atoms with Crippen molar-refractivity contribution in [3.05, 3.63) is 28.6 Å². The highest BCUT2D eigenvalue weighted by atomic mass is 35.5. The molecule has 0 saturated heterocycles. The predicted molar refractivity (Wildman–Crippen MR) is 76.5 cm³/mol. The van der Waals surface area contributed by atoms with Crippen LogP contribution in [0.3, 0.4) is 0 Å². The summed E-state index contributed by atoms with van der Waals surface area (Å²) >= 11 is 12.0. The zero-order valence-corrected chi connectivity index (χ0v) is 12.9. The number of benzene rings is 1. The van der Waals surface area contributed by atoms with Crippen molar-refractivity contribution in [2.45, 2.75) is 30.4 Å². The molecule has 0 N–H and O–H groups in total. The number of nitrogens with zero attached hydrogens (tertiary/aromatic N) is 2. The number of sulfone groups is 1. The molecule has 1 aromatic heterocycles. The van der Waals surface area contributed by atoms with Crippen molar-refractivity contribution in [3.8, 4) is 0 Å². The van der Waals surface area contributed by atoms with Crippen LogP contribution in [-0.4, -0.2) is 23.1 Å². The van der Waals surface area contributed by atoms with Crippen LogP contribution in [0.2, 0.25) is 10.2 Å². The Bertz CT molecular complexity index is 752. The maximum atomic E-state index is 12.5. The third-order valence-corrected chi connectivity index (χ3v) is 5.99. The zero-order chi connectivity index (χ0) is 14.4. The Kier molecular flexibility index (Phi) is 3.49. The van der Waals surface area contributed by atoms with E-state index in [1.54, 1.807) is 20.8 Å². The molecule has 1 aromatic carbocycles. The molecule has 0 unspecified atom stereocenters. The molecule has 0 bridgehead atoms. The molecule has 0 aliphatic rings. The van der Waals surface area contributed by atoms with E-state index in [1.807, 2.05) is 0 Å². The minimum atomic E-state index is -3.56. The summed E-state index contributed by atoms with van der Waals surface area (Å²) in [5.74, 6) is 0. The predicted octanol–water partition coefficient (Wildman–Crippen LogP) is 3.51. The van der Waals surface area contributed by atoms with E-state index < -0.39 is 14.6 Å². The van der Waals surface area contributed by atoms with E-state index in [9.17, 15) is 8.42 Å². The largest absolute Gasteiger partial charge is 0.236 e. The highest BCUT2D eigenvalue weighted by molar-refractivity contribution is 7.92. The highest BCUT2D eigenvalue weighted by Gasteiger charge is 2.33. The first kappa shape index (κ1) is 14.5. The summed E-state index contributed by atoms with van der Waals surface area (Å²) in [5, 5.41) is 0.806. The summed E-state index contributed by atoms with van der Waals surface area (Å²) in [6.45, 7) is 4.85. The van der Waals surface area contributed by atoms with Crippen molar-refractivity contribution in [1.82, 2.24) is 9.97 Å². The molecule has 2 aromatic rings. The second kappa shape index (κ2) is 4.58. The summed E-state index contributed by atoms with van der Waals surface area (Å²) in [7, 11) is -3.56. The van der Waals surface area contributed by atoms with Crippen molar-refractivity contribution in [2.24, 2.45) is 0 Å². The fourth-order valence-corrected chi connectivity index (χ4v) is 3.47. The van der Waals surface area contributed by atoms with Crippen LogP contribution in [0.25, 0.3) is 10.9 Å². The molecular formula is C12H12Cl2N2O2S. The molecular weight excluding hydrogens is 307 g/mol. The average Bonchev–Trinajstić information content (AvgIpc) is 2.26. The quantitative estimate of drug-likeness (QED) is 0.755. The SMILES string of the molecule is CC(C)(C)S(=O)(=O)c1cc2c(Cl)ncnc2cc1Cl. The number of fused-ring (bicyclic) bond motifs is 1. The maximum Gasteiger partial charge on any atom is 0.184 e. The van der Waals surface area contributed by atoms with Crippen LogP contribution in [0.15, 0.2) is 23.4 Å². The molecule has 4 nitrogen and oxygen atoms in total. The third kappa shape index (κ3) is 2.42. The lowest BCUT2D eigenvalue weighted by Crippen LogP contribution is -2.28. The van der Waals surface area contributed by atoms with Gasteiger partial charge in [-0.15, -0.1) is 0 Å². The number of rotatable bonds is 1. The molecule has 0 fully saturated rings. The normalized spacial score (nSPS) is 12.9. The fourth-order valence-electron chi connectivity index (χ4n) is 1.56. The number of halogens is 2. The van der Waals surface area contributed by atoms with E-state index in [2.05, 4.69) is 9.97 Å². The number of hydrogen-bond donors (Lipinski definition) is 0. The molecule has 0 aliphatic heterocycles. The van der Waals surface area contributed by atoms with Crippen molar-refractivity contribution in [3.63, 3.8) is 0 Å².